The Balaban J connectivity index is 2.96. The van der Waals surface area contributed by atoms with Gasteiger partial charge < -0.3 is 14.2 Å². The summed E-state index contributed by atoms with van der Waals surface area (Å²) in [4.78, 5) is 39.9. The van der Waals surface area contributed by atoms with Crippen molar-refractivity contribution in [3.05, 3.63) is 11.1 Å². The number of carbonyl (C=O) groups is 3. The summed E-state index contributed by atoms with van der Waals surface area (Å²) in [6.45, 7) is 12.0. The molecule has 1 rings (SSSR count). The normalized spacial score (nSPS) is 12.2. The summed E-state index contributed by atoms with van der Waals surface area (Å²) in [6.07, 6.45) is -1.52. The van der Waals surface area contributed by atoms with Gasteiger partial charge in [-0.05, 0) is 48.5 Å². The van der Waals surface area contributed by atoms with Crippen molar-refractivity contribution in [1.82, 2.24) is 10.4 Å². The highest BCUT2D eigenvalue weighted by atomic mass is 32.1. The lowest BCUT2D eigenvalue weighted by Crippen LogP contribution is -2.32. The zero-order valence-electron chi connectivity index (χ0n) is 17.0. The molecule has 0 saturated carbocycles. The number of hydrogen-bond acceptors (Lipinski definition) is 9. The third-order valence-corrected chi connectivity index (χ3v) is 3.24. The molecule has 11 heteroatoms. The van der Waals surface area contributed by atoms with Gasteiger partial charge in [0, 0.05) is 5.38 Å². The summed E-state index contributed by atoms with van der Waals surface area (Å²) in [6, 6.07) is 0. The Morgan fingerprint density at radius 3 is 2.18 bits per heavy atom. The second kappa shape index (κ2) is 9.49. The largest absolute Gasteiger partial charge is 0.461 e. The van der Waals surface area contributed by atoms with Gasteiger partial charge in [0.25, 0.3) is 0 Å². The highest BCUT2D eigenvalue weighted by molar-refractivity contribution is 7.14. The molecule has 0 aliphatic carbocycles. The van der Waals surface area contributed by atoms with Gasteiger partial charge in [-0.1, -0.05) is 0 Å². The van der Waals surface area contributed by atoms with Crippen LogP contribution in [0.4, 0.5) is 14.7 Å². The molecule has 0 radical (unpaired) electrons. The van der Waals surface area contributed by atoms with E-state index in [4.69, 9.17) is 14.2 Å². The van der Waals surface area contributed by atoms with E-state index >= 15 is 0 Å². The summed E-state index contributed by atoms with van der Waals surface area (Å²) < 4.78 is 15.1. The van der Waals surface area contributed by atoms with Crippen LogP contribution in [0.15, 0.2) is 10.5 Å². The van der Waals surface area contributed by atoms with Crippen molar-refractivity contribution >= 4 is 40.3 Å². The second-order valence-electron chi connectivity index (χ2n) is 7.46. The Bertz CT molecular complexity index is 746. The van der Waals surface area contributed by atoms with Crippen LogP contribution in [0.5, 0.6) is 0 Å². The molecule has 0 atom stereocenters. The van der Waals surface area contributed by atoms with Crippen molar-refractivity contribution in [3.8, 4) is 0 Å². The maximum Gasteiger partial charge on any atom is 0.428 e. The Morgan fingerprint density at radius 2 is 1.64 bits per heavy atom. The summed E-state index contributed by atoms with van der Waals surface area (Å²) in [5, 5.41) is 7.91. The van der Waals surface area contributed by atoms with Crippen molar-refractivity contribution in [2.45, 2.75) is 59.7 Å². The van der Waals surface area contributed by atoms with E-state index in [9.17, 15) is 14.4 Å². The molecule has 2 amide bonds. The number of anilines is 1. The lowest BCUT2D eigenvalue weighted by atomic mass is 10.2. The predicted octanol–water partition coefficient (Wildman–Crippen LogP) is 3.28. The lowest BCUT2D eigenvalue weighted by Gasteiger charge is -2.18. The Labute approximate surface area is 167 Å². The molecule has 0 saturated heterocycles. The molecular weight excluding hydrogens is 388 g/mol. The van der Waals surface area contributed by atoms with Gasteiger partial charge in [0.15, 0.2) is 10.8 Å². The summed E-state index contributed by atoms with van der Waals surface area (Å²) in [5.74, 6) is -0.785. The van der Waals surface area contributed by atoms with Crippen molar-refractivity contribution in [2.24, 2.45) is 5.10 Å². The Morgan fingerprint density at radius 1 is 1.07 bits per heavy atom. The molecule has 28 heavy (non-hydrogen) atoms. The fourth-order valence-electron chi connectivity index (χ4n) is 1.64. The third-order valence-electron chi connectivity index (χ3n) is 2.48. The van der Waals surface area contributed by atoms with Crippen LogP contribution >= 0.6 is 11.3 Å². The van der Waals surface area contributed by atoms with Crippen LogP contribution in [0.2, 0.25) is 0 Å². The molecule has 2 N–H and O–H groups in total. The topological polar surface area (TPSA) is 128 Å². The van der Waals surface area contributed by atoms with E-state index in [-0.39, 0.29) is 23.1 Å². The number of hydrazone groups is 1. The van der Waals surface area contributed by atoms with E-state index in [0.717, 1.165) is 11.3 Å². The highest BCUT2D eigenvalue weighted by Gasteiger charge is 2.23. The minimum atomic E-state index is -0.836. The fourth-order valence-corrected chi connectivity index (χ4v) is 2.32. The van der Waals surface area contributed by atoms with E-state index in [1.807, 2.05) is 0 Å². The SMILES string of the molecule is CCOC(=O)C(=NNC(=O)OC(C)(C)C)c1csc(NC(=O)OC(C)(C)C)n1. The first-order valence-electron chi connectivity index (χ1n) is 8.50. The zero-order chi connectivity index (χ0) is 21.5. The first-order valence-corrected chi connectivity index (χ1v) is 9.38. The van der Waals surface area contributed by atoms with Crippen molar-refractivity contribution in [1.29, 1.82) is 0 Å². The minimum absolute atomic E-state index is 0.109. The van der Waals surface area contributed by atoms with Gasteiger partial charge in [0.2, 0.25) is 0 Å². The van der Waals surface area contributed by atoms with Gasteiger partial charge in [0.1, 0.15) is 16.9 Å². The Hall–Kier alpha value is -2.69. The molecular formula is C17H26N4O6S. The number of amides is 2. The molecule has 0 fully saturated rings. The van der Waals surface area contributed by atoms with Crippen molar-refractivity contribution < 1.29 is 28.6 Å². The van der Waals surface area contributed by atoms with Crippen LogP contribution in [-0.4, -0.2) is 46.7 Å². The monoisotopic (exact) mass is 414 g/mol. The van der Waals surface area contributed by atoms with Gasteiger partial charge in [-0.2, -0.15) is 5.10 Å². The van der Waals surface area contributed by atoms with Crippen LogP contribution in [0, 0.1) is 0 Å². The van der Waals surface area contributed by atoms with Gasteiger partial charge in [-0.25, -0.2) is 24.8 Å². The highest BCUT2D eigenvalue weighted by Crippen LogP contribution is 2.18. The number of ether oxygens (including phenoxy) is 3. The summed E-state index contributed by atoms with van der Waals surface area (Å²) >= 11 is 1.06. The summed E-state index contributed by atoms with van der Waals surface area (Å²) in [5.41, 5.74) is 0.623. The van der Waals surface area contributed by atoms with E-state index in [2.05, 4.69) is 20.8 Å². The van der Waals surface area contributed by atoms with Gasteiger partial charge in [-0.15, -0.1) is 11.3 Å². The fraction of sp³-hybridized carbons (Fsp3) is 0.588. The van der Waals surface area contributed by atoms with Gasteiger partial charge in [0.05, 0.1) is 6.61 Å². The van der Waals surface area contributed by atoms with E-state index in [1.54, 1.807) is 48.5 Å². The second-order valence-corrected chi connectivity index (χ2v) is 8.32. The minimum Gasteiger partial charge on any atom is -0.461 e. The lowest BCUT2D eigenvalue weighted by molar-refractivity contribution is -0.135. The first kappa shape index (κ1) is 23.3. The first-order chi connectivity index (χ1) is 12.8. The van der Waals surface area contributed by atoms with Crippen LogP contribution < -0.4 is 10.7 Å². The number of hydrogen-bond donors (Lipinski definition) is 2. The molecule has 1 aromatic heterocycles. The molecule has 1 aromatic rings. The van der Waals surface area contributed by atoms with Crippen LogP contribution in [0.3, 0.4) is 0 Å². The Kier molecular flexibility index (Phi) is 7.91. The average Bonchev–Trinajstić information content (AvgIpc) is 2.91. The van der Waals surface area contributed by atoms with E-state index in [1.165, 1.54) is 5.38 Å². The number of thiazole rings is 1. The van der Waals surface area contributed by atoms with Gasteiger partial charge in [-0.3, -0.25) is 5.32 Å². The van der Waals surface area contributed by atoms with Crippen LogP contribution in [-0.2, 0) is 19.0 Å². The van der Waals surface area contributed by atoms with E-state index in [0.29, 0.717) is 0 Å². The zero-order valence-corrected chi connectivity index (χ0v) is 17.9. The van der Waals surface area contributed by atoms with E-state index < -0.39 is 29.4 Å². The molecule has 156 valence electrons. The molecule has 0 aromatic carbocycles. The van der Waals surface area contributed by atoms with Gasteiger partial charge >= 0.3 is 18.2 Å². The van der Waals surface area contributed by atoms with Crippen molar-refractivity contribution in [2.75, 3.05) is 11.9 Å². The number of nitrogens with zero attached hydrogens (tertiary/aromatic N) is 2. The quantitative estimate of drug-likeness (QED) is 0.327. The third kappa shape index (κ3) is 8.80. The number of esters is 1. The number of carbonyl (C=O) groups excluding carboxylic acids is 3. The molecule has 0 unspecified atom stereocenters. The molecule has 1 heterocycles. The molecule has 0 spiro atoms. The van der Waals surface area contributed by atoms with Crippen molar-refractivity contribution in [3.63, 3.8) is 0 Å². The predicted molar refractivity (Wildman–Crippen MR) is 105 cm³/mol. The number of rotatable bonds is 5. The number of nitrogens with one attached hydrogen (secondary N) is 2. The molecule has 0 aliphatic heterocycles. The summed E-state index contributed by atoms with van der Waals surface area (Å²) in [7, 11) is 0. The number of aromatic nitrogens is 1. The standard InChI is InChI=1S/C17H26N4O6S/c1-8-25-12(22)11(20-21-15(24)27-17(5,6)7)10-9-28-13(18-10)19-14(23)26-16(2,3)4/h9H,8H2,1-7H3,(H,21,24)(H,18,19,23). The van der Waals surface area contributed by atoms with Crippen LogP contribution in [0.25, 0.3) is 0 Å². The maximum atomic E-state index is 12.2. The van der Waals surface area contributed by atoms with Crippen LogP contribution in [0.1, 0.15) is 54.2 Å². The average molecular weight is 414 g/mol. The molecule has 0 aliphatic rings. The smallest absolute Gasteiger partial charge is 0.428 e. The maximum absolute atomic E-state index is 12.2. The molecule has 0 bridgehead atoms. The molecule has 10 nitrogen and oxygen atoms in total.